The number of nitrogens with zero attached hydrogens (tertiary/aromatic N) is 2. The summed E-state index contributed by atoms with van der Waals surface area (Å²) in [7, 11) is 0. The van der Waals surface area contributed by atoms with Crippen LogP contribution in [0.3, 0.4) is 0 Å². The molecule has 0 spiro atoms. The summed E-state index contributed by atoms with van der Waals surface area (Å²) in [5.74, 6) is -0.201. The number of carbonyl (C=O) groups excluding carboxylic acids is 2. The van der Waals surface area contributed by atoms with Gasteiger partial charge in [0.15, 0.2) is 0 Å². The van der Waals surface area contributed by atoms with Crippen molar-refractivity contribution in [1.29, 1.82) is 0 Å². The summed E-state index contributed by atoms with van der Waals surface area (Å²) < 4.78 is 5.53. The van der Waals surface area contributed by atoms with Crippen LogP contribution in [0.5, 0.6) is 0 Å². The molecule has 3 heterocycles. The average molecular weight is 438 g/mol. The van der Waals surface area contributed by atoms with Gasteiger partial charge in [0, 0.05) is 37.1 Å². The van der Waals surface area contributed by atoms with E-state index in [-0.39, 0.29) is 18.0 Å². The van der Waals surface area contributed by atoms with Crippen LogP contribution in [0.25, 0.3) is 10.9 Å². The minimum absolute atomic E-state index is 0.0152. The van der Waals surface area contributed by atoms with Crippen molar-refractivity contribution in [3.8, 4) is 0 Å². The summed E-state index contributed by atoms with van der Waals surface area (Å²) >= 11 is 6.22. The molecule has 7 heteroatoms. The number of ether oxygens (including phenoxy) is 1. The highest BCUT2D eigenvalue weighted by Crippen LogP contribution is 2.33. The van der Waals surface area contributed by atoms with Gasteiger partial charge in [-0.05, 0) is 37.6 Å². The summed E-state index contributed by atoms with van der Waals surface area (Å²) in [6, 6.07) is 15.2. The minimum atomic E-state index is -0.217. The van der Waals surface area contributed by atoms with Gasteiger partial charge < -0.3 is 14.6 Å². The lowest BCUT2D eigenvalue weighted by Gasteiger charge is -2.34. The Hall–Kier alpha value is -2.83. The van der Waals surface area contributed by atoms with Crippen LogP contribution in [0.2, 0.25) is 5.02 Å². The number of aromatic nitrogens is 1. The number of halogens is 1. The summed E-state index contributed by atoms with van der Waals surface area (Å²) in [5.41, 5.74) is 3.08. The van der Waals surface area contributed by atoms with Crippen molar-refractivity contribution in [2.24, 2.45) is 0 Å². The lowest BCUT2D eigenvalue weighted by molar-refractivity contribution is 0.0353. The molecule has 1 saturated heterocycles. The zero-order chi connectivity index (χ0) is 21.4. The summed E-state index contributed by atoms with van der Waals surface area (Å²) in [6.07, 6.45) is 1.62. The number of hydrogen-bond donors (Lipinski definition) is 1. The quantitative estimate of drug-likeness (QED) is 0.605. The predicted molar refractivity (Wildman–Crippen MR) is 119 cm³/mol. The van der Waals surface area contributed by atoms with Gasteiger partial charge >= 0.3 is 5.97 Å². The largest absolute Gasteiger partial charge is 0.454 e. The maximum Gasteiger partial charge on any atom is 0.339 e. The molecule has 2 aliphatic heterocycles. The summed E-state index contributed by atoms with van der Waals surface area (Å²) in [6.45, 7) is 4.01. The molecular formula is C24H24ClN3O3. The standard InChI is InChI=1S/C24H24ClN3O3/c25-19-8-3-5-16-15-20(26-22(16)19)23(29)28-13-11-27(12-14-28)10-4-9-21-17-6-1-2-7-18(17)24(30)31-21/h1-3,5-8,15,21,26H,4,9-14H2/t21-/m0/s1. The number of nitrogens with one attached hydrogen (secondary N) is 1. The molecule has 1 atom stereocenters. The number of para-hydroxylation sites is 1. The highest BCUT2D eigenvalue weighted by atomic mass is 35.5. The normalized spacial score (nSPS) is 18.9. The zero-order valence-electron chi connectivity index (χ0n) is 17.1. The number of benzene rings is 2. The number of rotatable bonds is 5. The molecule has 1 N–H and O–H groups in total. The first-order chi connectivity index (χ1) is 15.1. The van der Waals surface area contributed by atoms with Crippen molar-refractivity contribution in [1.82, 2.24) is 14.8 Å². The third-order valence-electron chi connectivity index (χ3n) is 6.21. The second kappa shape index (κ2) is 8.36. The van der Waals surface area contributed by atoms with E-state index >= 15 is 0 Å². The Labute approximate surface area is 185 Å². The van der Waals surface area contributed by atoms with E-state index in [1.165, 1.54) is 0 Å². The van der Waals surface area contributed by atoms with E-state index in [9.17, 15) is 9.59 Å². The van der Waals surface area contributed by atoms with E-state index in [1.54, 1.807) is 0 Å². The van der Waals surface area contributed by atoms with Crippen molar-refractivity contribution in [2.45, 2.75) is 18.9 Å². The van der Waals surface area contributed by atoms with Gasteiger partial charge in [0.1, 0.15) is 11.8 Å². The number of fused-ring (bicyclic) bond motifs is 2. The lowest BCUT2D eigenvalue weighted by atomic mass is 10.0. The number of carbonyl (C=O) groups is 2. The predicted octanol–water partition coefficient (Wildman–Crippen LogP) is 4.27. The Morgan fingerprint density at radius 1 is 1.10 bits per heavy atom. The molecule has 3 aromatic rings. The number of cyclic esters (lactones) is 1. The average Bonchev–Trinajstić information content (AvgIpc) is 3.37. The second-order valence-corrected chi connectivity index (χ2v) is 8.55. The molecule has 1 aromatic heterocycles. The van der Waals surface area contributed by atoms with Gasteiger partial charge in [0.05, 0.1) is 16.1 Å². The van der Waals surface area contributed by atoms with Crippen LogP contribution >= 0.6 is 11.6 Å². The third kappa shape index (κ3) is 3.93. The molecule has 0 aliphatic carbocycles. The van der Waals surface area contributed by atoms with Gasteiger partial charge in [-0.1, -0.05) is 41.9 Å². The first kappa shape index (κ1) is 20.1. The molecule has 0 unspecified atom stereocenters. The van der Waals surface area contributed by atoms with Crippen LogP contribution in [-0.4, -0.2) is 59.4 Å². The highest BCUT2D eigenvalue weighted by Gasteiger charge is 2.30. The number of amides is 1. The van der Waals surface area contributed by atoms with Gasteiger partial charge in [-0.2, -0.15) is 0 Å². The molecule has 2 aromatic carbocycles. The Morgan fingerprint density at radius 3 is 2.71 bits per heavy atom. The van der Waals surface area contributed by atoms with Crippen molar-refractivity contribution >= 4 is 34.4 Å². The molecule has 31 heavy (non-hydrogen) atoms. The monoisotopic (exact) mass is 437 g/mol. The summed E-state index contributed by atoms with van der Waals surface area (Å²) in [5, 5.41) is 1.57. The Kier molecular flexibility index (Phi) is 5.42. The van der Waals surface area contributed by atoms with Crippen molar-refractivity contribution in [2.75, 3.05) is 32.7 Å². The van der Waals surface area contributed by atoms with Crippen LogP contribution in [0.15, 0.2) is 48.5 Å². The molecular weight excluding hydrogens is 414 g/mol. The van der Waals surface area contributed by atoms with Crippen LogP contribution in [0.4, 0.5) is 0 Å². The van der Waals surface area contributed by atoms with Crippen LogP contribution < -0.4 is 0 Å². The Morgan fingerprint density at radius 2 is 1.90 bits per heavy atom. The van der Waals surface area contributed by atoms with Crippen LogP contribution in [0.1, 0.15) is 45.4 Å². The Balaban J connectivity index is 1.12. The molecule has 0 bridgehead atoms. The number of hydrogen-bond acceptors (Lipinski definition) is 4. The molecule has 0 radical (unpaired) electrons. The van der Waals surface area contributed by atoms with Gasteiger partial charge in [-0.15, -0.1) is 0 Å². The number of H-pyrrole nitrogens is 1. The number of esters is 1. The van der Waals surface area contributed by atoms with E-state index < -0.39 is 0 Å². The van der Waals surface area contributed by atoms with Crippen LogP contribution in [0, 0.1) is 0 Å². The smallest absolute Gasteiger partial charge is 0.339 e. The maximum absolute atomic E-state index is 12.9. The minimum Gasteiger partial charge on any atom is -0.454 e. The van der Waals surface area contributed by atoms with E-state index in [0.29, 0.717) is 29.4 Å². The zero-order valence-corrected chi connectivity index (χ0v) is 17.9. The van der Waals surface area contributed by atoms with Crippen LogP contribution in [-0.2, 0) is 4.74 Å². The fourth-order valence-electron chi connectivity index (χ4n) is 4.51. The van der Waals surface area contributed by atoms with Crippen molar-refractivity contribution in [3.63, 3.8) is 0 Å². The molecule has 160 valence electrons. The number of aromatic amines is 1. The van der Waals surface area contributed by atoms with E-state index in [2.05, 4.69) is 9.88 Å². The molecule has 0 saturated carbocycles. The van der Waals surface area contributed by atoms with E-state index in [0.717, 1.165) is 48.9 Å². The van der Waals surface area contributed by atoms with Crippen molar-refractivity contribution in [3.05, 3.63) is 70.4 Å². The second-order valence-electron chi connectivity index (χ2n) is 8.14. The van der Waals surface area contributed by atoms with E-state index in [1.807, 2.05) is 53.4 Å². The van der Waals surface area contributed by atoms with Gasteiger partial charge in [-0.3, -0.25) is 9.69 Å². The van der Waals surface area contributed by atoms with Crippen molar-refractivity contribution < 1.29 is 14.3 Å². The SMILES string of the molecule is O=C1O[C@@H](CCCN2CCN(C(=O)c3cc4cccc(Cl)c4[nH]3)CC2)c2ccccc21. The number of piperazine rings is 1. The highest BCUT2D eigenvalue weighted by molar-refractivity contribution is 6.35. The molecule has 5 rings (SSSR count). The van der Waals surface area contributed by atoms with Gasteiger partial charge in [-0.25, -0.2) is 4.79 Å². The molecule has 1 fully saturated rings. The molecule has 6 nitrogen and oxygen atoms in total. The van der Waals surface area contributed by atoms with E-state index in [4.69, 9.17) is 16.3 Å². The summed E-state index contributed by atoms with van der Waals surface area (Å²) in [4.78, 5) is 32.3. The topological polar surface area (TPSA) is 65.6 Å². The fraction of sp³-hybridized carbons (Fsp3) is 0.333. The lowest BCUT2D eigenvalue weighted by Crippen LogP contribution is -2.48. The first-order valence-corrected chi connectivity index (χ1v) is 11.1. The van der Waals surface area contributed by atoms with Gasteiger partial charge in [0.25, 0.3) is 5.91 Å². The fourth-order valence-corrected chi connectivity index (χ4v) is 4.74. The third-order valence-corrected chi connectivity index (χ3v) is 6.53. The first-order valence-electron chi connectivity index (χ1n) is 10.7. The van der Waals surface area contributed by atoms with Gasteiger partial charge in [0.2, 0.25) is 0 Å². The maximum atomic E-state index is 12.9. The molecule has 1 amide bonds. The molecule has 2 aliphatic rings. The Bertz CT molecular complexity index is 1130.